The van der Waals surface area contributed by atoms with E-state index in [1.54, 1.807) is 0 Å². The van der Waals surface area contributed by atoms with Gasteiger partial charge in [0.1, 0.15) is 5.01 Å². The van der Waals surface area contributed by atoms with Gasteiger partial charge in [0, 0.05) is 22.0 Å². The maximum atomic E-state index is 6.42. The van der Waals surface area contributed by atoms with Crippen molar-refractivity contribution >= 4 is 22.2 Å². The van der Waals surface area contributed by atoms with E-state index in [-0.39, 0.29) is 6.04 Å². The number of rotatable bonds is 3. The van der Waals surface area contributed by atoms with E-state index in [2.05, 4.69) is 35.4 Å². The molecule has 0 aliphatic heterocycles. The standard InChI is InChI=1S/C17H19N3S/c18-13(17-20-15-7-3-4-8-16(15)21-17)9-11-10-19-14-6-2-1-5-12(11)14/h1-2,5-6,10,13,19H,3-4,7-9,18H2. The molecule has 2 aromatic heterocycles. The summed E-state index contributed by atoms with van der Waals surface area (Å²) in [7, 11) is 0. The molecule has 0 amide bonds. The second-order valence-corrected chi connectivity index (χ2v) is 6.91. The zero-order valence-electron chi connectivity index (χ0n) is 11.9. The van der Waals surface area contributed by atoms with E-state index in [9.17, 15) is 0 Å². The van der Waals surface area contributed by atoms with Gasteiger partial charge < -0.3 is 10.7 Å². The van der Waals surface area contributed by atoms with Gasteiger partial charge in [0.15, 0.2) is 0 Å². The van der Waals surface area contributed by atoms with Crippen molar-refractivity contribution in [2.45, 2.75) is 38.1 Å². The molecule has 108 valence electrons. The molecule has 0 saturated heterocycles. The Hall–Kier alpha value is -1.65. The van der Waals surface area contributed by atoms with E-state index in [1.165, 1.54) is 46.3 Å². The molecule has 2 heterocycles. The van der Waals surface area contributed by atoms with Gasteiger partial charge in [0.25, 0.3) is 0 Å². The number of benzene rings is 1. The fourth-order valence-corrected chi connectivity index (χ4v) is 4.31. The van der Waals surface area contributed by atoms with Crippen molar-refractivity contribution in [1.29, 1.82) is 0 Å². The van der Waals surface area contributed by atoms with Crippen LogP contribution in [0, 0.1) is 0 Å². The minimum Gasteiger partial charge on any atom is -0.361 e. The van der Waals surface area contributed by atoms with Crippen LogP contribution in [0.4, 0.5) is 0 Å². The van der Waals surface area contributed by atoms with E-state index in [4.69, 9.17) is 10.7 Å². The molecule has 1 atom stereocenters. The molecule has 0 fully saturated rings. The predicted octanol–water partition coefficient (Wildman–Crippen LogP) is 3.75. The van der Waals surface area contributed by atoms with Crippen LogP contribution in [-0.2, 0) is 19.3 Å². The fourth-order valence-electron chi connectivity index (χ4n) is 3.16. The third-order valence-corrected chi connectivity index (χ3v) is 5.58. The lowest BCUT2D eigenvalue weighted by Crippen LogP contribution is -2.13. The minimum absolute atomic E-state index is 0.000180. The molecule has 0 bridgehead atoms. The molecule has 21 heavy (non-hydrogen) atoms. The summed E-state index contributed by atoms with van der Waals surface area (Å²) in [6.45, 7) is 0. The topological polar surface area (TPSA) is 54.7 Å². The number of nitrogens with one attached hydrogen (secondary N) is 1. The quantitative estimate of drug-likeness (QED) is 0.773. The average Bonchev–Trinajstić information content (AvgIpc) is 3.11. The Morgan fingerprint density at radius 1 is 1.24 bits per heavy atom. The highest BCUT2D eigenvalue weighted by molar-refractivity contribution is 7.11. The van der Waals surface area contributed by atoms with Crippen molar-refractivity contribution in [3.05, 3.63) is 51.6 Å². The van der Waals surface area contributed by atoms with Crippen LogP contribution in [0.2, 0.25) is 0 Å². The molecule has 1 unspecified atom stereocenters. The predicted molar refractivity (Wildman–Crippen MR) is 87.7 cm³/mol. The Labute approximate surface area is 128 Å². The van der Waals surface area contributed by atoms with E-state index in [0.717, 1.165) is 17.8 Å². The van der Waals surface area contributed by atoms with Crippen LogP contribution in [0.3, 0.4) is 0 Å². The normalized spacial score (nSPS) is 16.0. The zero-order chi connectivity index (χ0) is 14.2. The van der Waals surface area contributed by atoms with Crippen LogP contribution < -0.4 is 5.73 Å². The summed E-state index contributed by atoms with van der Waals surface area (Å²) in [6, 6.07) is 8.39. The van der Waals surface area contributed by atoms with Gasteiger partial charge in [-0.1, -0.05) is 18.2 Å². The van der Waals surface area contributed by atoms with Gasteiger partial charge in [-0.15, -0.1) is 11.3 Å². The summed E-state index contributed by atoms with van der Waals surface area (Å²) in [4.78, 5) is 9.58. The van der Waals surface area contributed by atoms with Crippen molar-refractivity contribution in [1.82, 2.24) is 9.97 Å². The Balaban J connectivity index is 1.60. The molecule has 0 radical (unpaired) electrons. The maximum absolute atomic E-state index is 6.42. The third-order valence-electron chi connectivity index (χ3n) is 4.29. The largest absolute Gasteiger partial charge is 0.361 e. The molecule has 3 nitrogen and oxygen atoms in total. The van der Waals surface area contributed by atoms with Gasteiger partial charge in [-0.05, 0) is 43.7 Å². The molecule has 4 rings (SSSR count). The average molecular weight is 297 g/mol. The number of aromatic nitrogens is 2. The minimum atomic E-state index is -0.000180. The lowest BCUT2D eigenvalue weighted by molar-refractivity contribution is 0.669. The van der Waals surface area contributed by atoms with Crippen molar-refractivity contribution in [3.63, 3.8) is 0 Å². The van der Waals surface area contributed by atoms with Gasteiger partial charge in [-0.2, -0.15) is 0 Å². The van der Waals surface area contributed by atoms with Crippen molar-refractivity contribution < 1.29 is 0 Å². The van der Waals surface area contributed by atoms with Crippen molar-refractivity contribution in [3.8, 4) is 0 Å². The number of nitrogens with zero attached hydrogens (tertiary/aromatic N) is 1. The smallest absolute Gasteiger partial charge is 0.110 e. The fraction of sp³-hybridized carbons (Fsp3) is 0.353. The highest BCUT2D eigenvalue weighted by atomic mass is 32.1. The summed E-state index contributed by atoms with van der Waals surface area (Å²) in [6.07, 6.45) is 7.81. The first kappa shape index (κ1) is 13.0. The number of H-pyrrole nitrogens is 1. The van der Waals surface area contributed by atoms with Gasteiger partial charge in [0.2, 0.25) is 0 Å². The third kappa shape index (κ3) is 2.39. The Kier molecular flexibility index (Phi) is 3.28. The van der Waals surface area contributed by atoms with Crippen molar-refractivity contribution in [2.75, 3.05) is 0 Å². The van der Waals surface area contributed by atoms with Gasteiger partial charge in [-0.25, -0.2) is 4.98 Å². The number of aryl methyl sites for hydroxylation is 2. The maximum Gasteiger partial charge on any atom is 0.110 e. The molecule has 1 aliphatic rings. The first-order valence-corrected chi connectivity index (χ1v) is 8.42. The van der Waals surface area contributed by atoms with Crippen LogP contribution >= 0.6 is 11.3 Å². The second-order valence-electron chi connectivity index (χ2n) is 5.80. The van der Waals surface area contributed by atoms with Gasteiger partial charge in [0.05, 0.1) is 11.7 Å². The summed E-state index contributed by atoms with van der Waals surface area (Å²) >= 11 is 1.82. The monoisotopic (exact) mass is 297 g/mol. The number of aromatic amines is 1. The molecular formula is C17H19N3S. The van der Waals surface area contributed by atoms with Crippen LogP contribution in [0.15, 0.2) is 30.5 Å². The van der Waals surface area contributed by atoms with E-state index >= 15 is 0 Å². The Morgan fingerprint density at radius 2 is 2.10 bits per heavy atom. The lowest BCUT2D eigenvalue weighted by atomic mass is 10.0. The Morgan fingerprint density at radius 3 is 3.00 bits per heavy atom. The molecule has 4 heteroatoms. The number of nitrogens with two attached hydrogens (primary N) is 1. The van der Waals surface area contributed by atoms with Gasteiger partial charge in [-0.3, -0.25) is 0 Å². The van der Waals surface area contributed by atoms with Crippen LogP contribution in [0.5, 0.6) is 0 Å². The van der Waals surface area contributed by atoms with Gasteiger partial charge >= 0.3 is 0 Å². The number of fused-ring (bicyclic) bond motifs is 2. The molecular weight excluding hydrogens is 278 g/mol. The molecule has 3 aromatic rings. The number of hydrogen-bond donors (Lipinski definition) is 2. The molecule has 0 saturated carbocycles. The zero-order valence-corrected chi connectivity index (χ0v) is 12.7. The number of para-hydroxylation sites is 1. The van der Waals surface area contributed by atoms with E-state index in [0.29, 0.717) is 0 Å². The summed E-state index contributed by atoms with van der Waals surface area (Å²) in [5, 5.41) is 2.38. The van der Waals surface area contributed by atoms with Crippen molar-refractivity contribution in [2.24, 2.45) is 5.73 Å². The van der Waals surface area contributed by atoms with E-state index in [1.807, 2.05) is 11.3 Å². The molecule has 1 aliphatic carbocycles. The highest BCUT2D eigenvalue weighted by Crippen LogP contribution is 2.31. The molecule has 0 spiro atoms. The summed E-state index contributed by atoms with van der Waals surface area (Å²) in [5.41, 5.74) is 10.2. The molecule has 3 N–H and O–H groups in total. The highest BCUT2D eigenvalue weighted by Gasteiger charge is 2.19. The number of hydrogen-bond acceptors (Lipinski definition) is 3. The van der Waals surface area contributed by atoms with Crippen LogP contribution in [-0.4, -0.2) is 9.97 Å². The molecule has 1 aromatic carbocycles. The van der Waals surface area contributed by atoms with Crippen LogP contribution in [0.1, 0.15) is 40.0 Å². The Bertz CT molecular complexity index is 748. The first-order valence-electron chi connectivity index (χ1n) is 7.60. The SMILES string of the molecule is NC(Cc1c[nH]c2ccccc12)c1nc2c(s1)CCCC2. The van der Waals surface area contributed by atoms with E-state index < -0.39 is 0 Å². The summed E-state index contributed by atoms with van der Waals surface area (Å²) in [5.74, 6) is 0. The summed E-state index contributed by atoms with van der Waals surface area (Å²) < 4.78 is 0. The first-order chi connectivity index (χ1) is 10.3. The number of thiazole rings is 1. The second kappa shape index (κ2) is 5.28. The lowest BCUT2D eigenvalue weighted by Gasteiger charge is -2.07. The van der Waals surface area contributed by atoms with Crippen LogP contribution in [0.25, 0.3) is 10.9 Å².